The van der Waals surface area contributed by atoms with E-state index in [0.29, 0.717) is 5.88 Å². The van der Waals surface area contributed by atoms with E-state index in [1.54, 1.807) is 7.11 Å². The zero-order chi connectivity index (χ0) is 10.8. The molecule has 0 saturated heterocycles. The summed E-state index contributed by atoms with van der Waals surface area (Å²) in [7, 11) is 1.63. The van der Waals surface area contributed by atoms with Crippen LogP contribution in [0.2, 0.25) is 0 Å². The van der Waals surface area contributed by atoms with Crippen LogP contribution < -0.4 is 4.74 Å². The Morgan fingerprint density at radius 3 is 2.80 bits per heavy atom. The van der Waals surface area contributed by atoms with Gasteiger partial charge in [0, 0.05) is 12.4 Å². The van der Waals surface area contributed by atoms with Crippen molar-refractivity contribution in [2.75, 3.05) is 7.11 Å². The summed E-state index contributed by atoms with van der Waals surface area (Å²) in [5.74, 6) is 0.606. The van der Waals surface area contributed by atoms with Crippen molar-refractivity contribution in [1.29, 1.82) is 0 Å². The molecule has 0 aliphatic rings. The third kappa shape index (κ3) is 1.79. The number of methoxy groups -OCH3 is 1. The van der Waals surface area contributed by atoms with Gasteiger partial charge >= 0.3 is 0 Å². The molecule has 0 aliphatic carbocycles. The first-order valence-electron chi connectivity index (χ1n) is 5.13. The molecule has 0 unspecified atom stereocenters. The molecule has 0 amide bonds. The summed E-state index contributed by atoms with van der Waals surface area (Å²) in [5, 5.41) is 0. The van der Waals surface area contributed by atoms with Crippen LogP contribution in [0.5, 0.6) is 5.88 Å². The number of ether oxygens (including phenoxy) is 1. The van der Waals surface area contributed by atoms with E-state index in [1.165, 1.54) is 0 Å². The lowest BCUT2D eigenvalue weighted by atomic mass is 10.3. The highest BCUT2D eigenvalue weighted by molar-refractivity contribution is 5.50. The number of fused-ring (bicyclic) bond motifs is 1. The maximum Gasteiger partial charge on any atom is 0.258 e. The first kappa shape index (κ1) is 9.96. The van der Waals surface area contributed by atoms with Crippen molar-refractivity contribution in [2.45, 2.75) is 26.7 Å². The van der Waals surface area contributed by atoms with E-state index in [1.807, 2.05) is 23.7 Å². The lowest BCUT2D eigenvalue weighted by Crippen LogP contribution is -1.99. The van der Waals surface area contributed by atoms with Crippen LogP contribution in [0, 0.1) is 6.92 Å². The first-order valence-corrected chi connectivity index (χ1v) is 5.13. The number of nitrogens with zero attached hydrogens (tertiary/aromatic N) is 3. The molecule has 0 spiro atoms. The number of imidazole rings is 1. The van der Waals surface area contributed by atoms with Crippen LogP contribution in [-0.2, 0) is 6.42 Å². The van der Waals surface area contributed by atoms with Crippen LogP contribution in [0.4, 0.5) is 0 Å². The summed E-state index contributed by atoms with van der Waals surface area (Å²) in [6.45, 7) is 4.10. The van der Waals surface area contributed by atoms with Gasteiger partial charge in [-0.3, -0.25) is 0 Å². The summed E-state index contributed by atoms with van der Waals surface area (Å²) < 4.78 is 7.21. The molecule has 2 rings (SSSR count). The molecule has 4 nitrogen and oxygen atoms in total. The van der Waals surface area contributed by atoms with Gasteiger partial charge < -0.3 is 9.14 Å². The van der Waals surface area contributed by atoms with E-state index in [-0.39, 0.29) is 0 Å². The van der Waals surface area contributed by atoms with Gasteiger partial charge in [-0.15, -0.1) is 0 Å². The van der Waals surface area contributed by atoms with Crippen molar-refractivity contribution < 1.29 is 4.74 Å². The average Bonchev–Trinajstić information content (AvgIpc) is 2.57. The van der Waals surface area contributed by atoms with Gasteiger partial charge in [0.1, 0.15) is 0 Å². The van der Waals surface area contributed by atoms with E-state index < -0.39 is 0 Å². The third-order valence-corrected chi connectivity index (χ3v) is 2.28. The summed E-state index contributed by atoms with van der Waals surface area (Å²) in [6.07, 6.45) is 6.04. The van der Waals surface area contributed by atoms with Crippen molar-refractivity contribution in [3.05, 3.63) is 23.8 Å². The minimum atomic E-state index is 0.606. The minimum Gasteiger partial charge on any atom is -0.478 e. The Hall–Kier alpha value is -1.58. The molecule has 0 fully saturated rings. The van der Waals surface area contributed by atoms with E-state index in [2.05, 4.69) is 16.9 Å². The smallest absolute Gasteiger partial charge is 0.258 e. The van der Waals surface area contributed by atoms with Gasteiger partial charge in [0.2, 0.25) is 5.65 Å². The second-order valence-electron chi connectivity index (χ2n) is 3.60. The highest BCUT2D eigenvalue weighted by Crippen LogP contribution is 2.17. The summed E-state index contributed by atoms with van der Waals surface area (Å²) in [6, 6.07) is 0. The van der Waals surface area contributed by atoms with E-state index in [4.69, 9.17) is 4.74 Å². The third-order valence-electron chi connectivity index (χ3n) is 2.28. The molecular formula is C11H15N3O. The number of rotatable bonds is 3. The van der Waals surface area contributed by atoms with E-state index in [0.717, 1.165) is 29.9 Å². The first-order chi connectivity index (χ1) is 7.24. The molecule has 0 aromatic carbocycles. The molecule has 0 saturated carbocycles. The Balaban J connectivity index is 2.59. The largest absolute Gasteiger partial charge is 0.478 e. The van der Waals surface area contributed by atoms with Gasteiger partial charge in [-0.2, -0.15) is 0 Å². The normalized spacial score (nSPS) is 10.9. The monoisotopic (exact) mass is 205 g/mol. The fraction of sp³-hybridized carbons (Fsp3) is 0.455. The van der Waals surface area contributed by atoms with Gasteiger partial charge in [0.05, 0.1) is 18.5 Å². The van der Waals surface area contributed by atoms with Gasteiger partial charge in [-0.05, 0) is 13.3 Å². The van der Waals surface area contributed by atoms with Crippen LogP contribution in [0.3, 0.4) is 0 Å². The maximum atomic E-state index is 5.23. The molecule has 4 heteroatoms. The van der Waals surface area contributed by atoms with E-state index in [9.17, 15) is 0 Å². The topological polar surface area (TPSA) is 39.4 Å². The molecule has 0 atom stereocenters. The lowest BCUT2D eigenvalue weighted by Gasteiger charge is -2.04. The quantitative estimate of drug-likeness (QED) is 0.769. The standard InChI is InChI=1S/C11H15N3O/c1-4-5-9-7-14-6-8(2)12-10(14)11(13-9)15-3/h6-7H,4-5H2,1-3H3. The van der Waals surface area contributed by atoms with Gasteiger partial charge in [-0.25, -0.2) is 9.97 Å². The van der Waals surface area contributed by atoms with Gasteiger partial charge in [-0.1, -0.05) is 13.3 Å². The molecule has 0 radical (unpaired) electrons. The Morgan fingerprint density at radius 2 is 2.13 bits per heavy atom. The van der Waals surface area contributed by atoms with Crippen LogP contribution in [0.1, 0.15) is 24.7 Å². The fourth-order valence-corrected chi connectivity index (χ4v) is 1.66. The van der Waals surface area contributed by atoms with Crippen molar-refractivity contribution in [1.82, 2.24) is 14.4 Å². The fourth-order valence-electron chi connectivity index (χ4n) is 1.66. The predicted molar refractivity (Wildman–Crippen MR) is 58.3 cm³/mol. The van der Waals surface area contributed by atoms with Crippen molar-refractivity contribution >= 4 is 5.65 Å². The maximum absolute atomic E-state index is 5.23. The zero-order valence-corrected chi connectivity index (χ0v) is 9.32. The molecule has 2 aromatic heterocycles. The van der Waals surface area contributed by atoms with Gasteiger partial charge in [0.25, 0.3) is 5.88 Å². The highest BCUT2D eigenvalue weighted by atomic mass is 16.5. The van der Waals surface area contributed by atoms with Crippen molar-refractivity contribution in [3.63, 3.8) is 0 Å². The predicted octanol–water partition coefficient (Wildman–Crippen LogP) is 2.00. The number of hydrogen-bond acceptors (Lipinski definition) is 3. The van der Waals surface area contributed by atoms with E-state index >= 15 is 0 Å². The number of hydrogen-bond donors (Lipinski definition) is 0. The lowest BCUT2D eigenvalue weighted by molar-refractivity contribution is 0.398. The number of aryl methyl sites for hydroxylation is 2. The van der Waals surface area contributed by atoms with Crippen LogP contribution in [0.25, 0.3) is 5.65 Å². The van der Waals surface area contributed by atoms with Crippen LogP contribution in [-0.4, -0.2) is 21.5 Å². The molecule has 2 heterocycles. The number of aromatic nitrogens is 3. The minimum absolute atomic E-state index is 0.606. The highest BCUT2D eigenvalue weighted by Gasteiger charge is 2.08. The van der Waals surface area contributed by atoms with Crippen LogP contribution >= 0.6 is 0 Å². The van der Waals surface area contributed by atoms with Crippen molar-refractivity contribution in [2.24, 2.45) is 0 Å². The second-order valence-corrected chi connectivity index (χ2v) is 3.60. The Kier molecular flexibility index (Phi) is 2.58. The Labute approximate surface area is 88.9 Å². The molecular weight excluding hydrogens is 190 g/mol. The Bertz CT molecular complexity index is 476. The molecule has 80 valence electrons. The second kappa shape index (κ2) is 3.88. The SMILES string of the molecule is CCCc1cn2cc(C)nc2c(OC)n1. The van der Waals surface area contributed by atoms with Crippen LogP contribution in [0.15, 0.2) is 12.4 Å². The summed E-state index contributed by atoms with van der Waals surface area (Å²) >= 11 is 0. The Morgan fingerprint density at radius 1 is 1.33 bits per heavy atom. The molecule has 0 N–H and O–H groups in total. The molecule has 2 aromatic rings. The van der Waals surface area contributed by atoms with Crippen molar-refractivity contribution in [3.8, 4) is 5.88 Å². The van der Waals surface area contributed by atoms with Gasteiger partial charge in [0.15, 0.2) is 0 Å². The summed E-state index contributed by atoms with van der Waals surface area (Å²) in [4.78, 5) is 8.78. The molecule has 0 bridgehead atoms. The average molecular weight is 205 g/mol. The molecule has 0 aliphatic heterocycles. The zero-order valence-electron chi connectivity index (χ0n) is 9.32. The molecule has 15 heavy (non-hydrogen) atoms. The summed E-state index contributed by atoms with van der Waals surface area (Å²) in [5.41, 5.74) is 2.80.